The third kappa shape index (κ3) is 3.55. The molecule has 2 aromatic rings. The van der Waals surface area contributed by atoms with E-state index in [1.807, 2.05) is 31.2 Å². The second-order valence-corrected chi connectivity index (χ2v) is 5.28. The summed E-state index contributed by atoms with van der Waals surface area (Å²) in [4.78, 5) is 0. The number of nitrogens with one attached hydrogen (secondary N) is 1. The summed E-state index contributed by atoms with van der Waals surface area (Å²) in [5, 5.41) is 3.34. The molecule has 1 N–H and O–H groups in total. The molecule has 0 aliphatic carbocycles. The van der Waals surface area contributed by atoms with Crippen LogP contribution in [0, 0.1) is 6.92 Å². The standard InChI is InChI=1S/C15H18BrNO3/c1-10-4-5-12(20-10)9-17-8-11-6-13(16)15(19-3)14(7-11)18-2/h4-7,17H,8-9H2,1-3H3. The summed E-state index contributed by atoms with van der Waals surface area (Å²) in [7, 11) is 3.26. The molecule has 4 nitrogen and oxygen atoms in total. The van der Waals surface area contributed by atoms with E-state index in [4.69, 9.17) is 13.9 Å². The Morgan fingerprint density at radius 1 is 1.15 bits per heavy atom. The third-order valence-corrected chi connectivity index (χ3v) is 3.51. The molecule has 0 saturated heterocycles. The summed E-state index contributed by atoms with van der Waals surface area (Å²) in [6, 6.07) is 7.92. The summed E-state index contributed by atoms with van der Waals surface area (Å²) in [6.45, 7) is 3.35. The van der Waals surface area contributed by atoms with Crippen LogP contribution in [0.2, 0.25) is 0 Å². The van der Waals surface area contributed by atoms with Crippen molar-refractivity contribution in [2.45, 2.75) is 20.0 Å². The van der Waals surface area contributed by atoms with Gasteiger partial charge in [0.1, 0.15) is 11.5 Å². The van der Waals surface area contributed by atoms with Crippen LogP contribution < -0.4 is 14.8 Å². The molecule has 2 rings (SSSR count). The van der Waals surface area contributed by atoms with Crippen LogP contribution in [0.4, 0.5) is 0 Å². The molecule has 0 fully saturated rings. The van der Waals surface area contributed by atoms with Gasteiger partial charge >= 0.3 is 0 Å². The first-order chi connectivity index (χ1) is 9.63. The van der Waals surface area contributed by atoms with E-state index in [0.717, 1.165) is 28.1 Å². The Morgan fingerprint density at radius 2 is 1.95 bits per heavy atom. The summed E-state index contributed by atoms with van der Waals surface area (Å²) < 4.78 is 17.0. The van der Waals surface area contributed by atoms with Crippen molar-refractivity contribution in [2.24, 2.45) is 0 Å². The van der Waals surface area contributed by atoms with Gasteiger partial charge in [0.15, 0.2) is 11.5 Å². The molecule has 1 aromatic carbocycles. The fraction of sp³-hybridized carbons (Fsp3) is 0.333. The van der Waals surface area contributed by atoms with Gasteiger partial charge < -0.3 is 19.2 Å². The number of aryl methyl sites for hydroxylation is 1. The van der Waals surface area contributed by atoms with Crippen LogP contribution in [-0.2, 0) is 13.1 Å². The van der Waals surface area contributed by atoms with Gasteiger partial charge in [0, 0.05) is 6.54 Å². The second-order valence-electron chi connectivity index (χ2n) is 4.43. The zero-order chi connectivity index (χ0) is 14.5. The maximum Gasteiger partial charge on any atom is 0.174 e. The zero-order valence-electron chi connectivity index (χ0n) is 11.8. The van der Waals surface area contributed by atoms with E-state index in [9.17, 15) is 0 Å². The molecule has 1 heterocycles. The van der Waals surface area contributed by atoms with Crippen molar-refractivity contribution in [1.82, 2.24) is 5.32 Å². The SMILES string of the molecule is COc1cc(CNCc2ccc(C)o2)cc(Br)c1OC. The van der Waals surface area contributed by atoms with Crippen molar-refractivity contribution in [3.63, 3.8) is 0 Å². The number of ether oxygens (including phenoxy) is 2. The monoisotopic (exact) mass is 339 g/mol. The highest BCUT2D eigenvalue weighted by atomic mass is 79.9. The Morgan fingerprint density at radius 3 is 2.55 bits per heavy atom. The van der Waals surface area contributed by atoms with E-state index in [1.54, 1.807) is 14.2 Å². The van der Waals surface area contributed by atoms with Crippen molar-refractivity contribution >= 4 is 15.9 Å². The zero-order valence-corrected chi connectivity index (χ0v) is 13.4. The van der Waals surface area contributed by atoms with Crippen molar-refractivity contribution < 1.29 is 13.9 Å². The quantitative estimate of drug-likeness (QED) is 0.872. The first-order valence-corrected chi connectivity index (χ1v) is 7.09. The van der Waals surface area contributed by atoms with E-state index in [2.05, 4.69) is 21.2 Å². The van der Waals surface area contributed by atoms with Gasteiger partial charge in [0.2, 0.25) is 0 Å². The topological polar surface area (TPSA) is 43.6 Å². The van der Waals surface area contributed by atoms with Gasteiger partial charge in [0.05, 0.1) is 25.2 Å². The van der Waals surface area contributed by atoms with Crippen LogP contribution in [0.15, 0.2) is 33.2 Å². The smallest absolute Gasteiger partial charge is 0.174 e. The predicted octanol–water partition coefficient (Wildman–Crippen LogP) is 3.66. The Hall–Kier alpha value is -1.46. The molecule has 1 aromatic heterocycles. The maximum atomic E-state index is 5.51. The molecule has 5 heteroatoms. The van der Waals surface area contributed by atoms with Crippen LogP contribution in [-0.4, -0.2) is 14.2 Å². The molecule has 0 radical (unpaired) electrons. The van der Waals surface area contributed by atoms with E-state index >= 15 is 0 Å². The summed E-state index contributed by atoms with van der Waals surface area (Å²) in [5.74, 6) is 3.28. The number of rotatable bonds is 6. The Balaban J connectivity index is 2.01. The molecule has 0 unspecified atom stereocenters. The normalized spacial score (nSPS) is 10.6. The van der Waals surface area contributed by atoms with Crippen LogP contribution in [0.5, 0.6) is 11.5 Å². The van der Waals surface area contributed by atoms with Crippen molar-refractivity contribution in [1.29, 1.82) is 0 Å². The number of benzene rings is 1. The van der Waals surface area contributed by atoms with Gasteiger partial charge in [-0.15, -0.1) is 0 Å². The molecular weight excluding hydrogens is 322 g/mol. The minimum Gasteiger partial charge on any atom is -0.493 e. The number of methoxy groups -OCH3 is 2. The highest BCUT2D eigenvalue weighted by molar-refractivity contribution is 9.10. The van der Waals surface area contributed by atoms with Crippen LogP contribution in [0.3, 0.4) is 0 Å². The molecule has 0 saturated carbocycles. The number of hydrogen-bond acceptors (Lipinski definition) is 4. The molecule has 0 spiro atoms. The lowest BCUT2D eigenvalue weighted by molar-refractivity contribution is 0.352. The second kappa shape index (κ2) is 6.81. The van der Waals surface area contributed by atoms with E-state index in [1.165, 1.54) is 0 Å². The summed E-state index contributed by atoms with van der Waals surface area (Å²) in [6.07, 6.45) is 0. The van der Waals surface area contributed by atoms with Crippen molar-refractivity contribution in [3.05, 3.63) is 45.8 Å². The molecule has 0 atom stereocenters. The van der Waals surface area contributed by atoms with Crippen LogP contribution in [0.1, 0.15) is 17.1 Å². The molecule has 20 heavy (non-hydrogen) atoms. The summed E-state index contributed by atoms with van der Waals surface area (Å²) in [5.41, 5.74) is 1.11. The average Bonchev–Trinajstić information content (AvgIpc) is 2.83. The van der Waals surface area contributed by atoms with Gasteiger partial charge in [-0.2, -0.15) is 0 Å². The maximum absolute atomic E-state index is 5.51. The Kier molecular flexibility index (Phi) is 5.09. The highest BCUT2D eigenvalue weighted by Gasteiger charge is 2.10. The molecule has 0 amide bonds. The molecule has 0 bridgehead atoms. The average molecular weight is 340 g/mol. The van der Waals surface area contributed by atoms with Gasteiger partial charge in [-0.05, 0) is 52.7 Å². The van der Waals surface area contributed by atoms with Crippen molar-refractivity contribution in [2.75, 3.05) is 14.2 Å². The molecule has 0 aliphatic heterocycles. The fourth-order valence-corrected chi connectivity index (χ4v) is 2.63. The number of hydrogen-bond donors (Lipinski definition) is 1. The predicted molar refractivity (Wildman–Crippen MR) is 81.2 cm³/mol. The minimum atomic E-state index is 0.694. The van der Waals surface area contributed by atoms with E-state index in [0.29, 0.717) is 18.0 Å². The van der Waals surface area contributed by atoms with E-state index < -0.39 is 0 Å². The number of furan rings is 1. The molecule has 0 aliphatic rings. The highest BCUT2D eigenvalue weighted by Crippen LogP contribution is 2.36. The molecular formula is C15H18BrNO3. The number of halogens is 1. The van der Waals surface area contributed by atoms with Crippen LogP contribution in [0.25, 0.3) is 0 Å². The van der Waals surface area contributed by atoms with Crippen LogP contribution >= 0.6 is 15.9 Å². The van der Waals surface area contributed by atoms with Gasteiger partial charge in [-0.3, -0.25) is 0 Å². The first kappa shape index (κ1) is 14.9. The lowest BCUT2D eigenvalue weighted by atomic mass is 10.2. The lowest BCUT2D eigenvalue weighted by Gasteiger charge is -2.12. The third-order valence-electron chi connectivity index (χ3n) is 2.92. The Labute approximate surface area is 127 Å². The van der Waals surface area contributed by atoms with Gasteiger partial charge in [0.25, 0.3) is 0 Å². The van der Waals surface area contributed by atoms with Gasteiger partial charge in [-0.1, -0.05) is 0 Å². The summed E-state index contributed by atoms with van der Waals surface area (Å²) >= 11 is 3.49. The fourth-order valence-electron chi connectivity index (χ4n) is 1.98. The largest absolute Gasteiger partial charge is 0.493 e. The first-order valence-electron chi connectivity index (χ1n) is 6.30. The minimum absolute atomic E-state index is 0.694. The lowest BCUT2D eigenvalue weighted by Crippen LogP contribution is -2.12. The van der Waals surface area contributed by atoms with E-state index in [-0.39, 0.29) is 0 Å². The Bertz CT molecular complexity index is 580. The van der Waals surface area contributed by atoms with Gasteiger partial charge in [-0.25, -0.2) is 0 Å². The van der Waals surface area contributed by atoms with Crippen molar-refractivity contribution in [3.8, 4) is 11.5 Å². The molecule has 108 valence electrons.